The second kappa shape index (κ2) is 5.26. The second-order valence-corrected chi connectivity index (χ2v) is 4.97. The van der Waals surface area contributed by atoms with Crippen LogP contribution in [-0.2, 0) is 0 Å². The molecule has 1 aliphatic heterocycles. The van der Waals surface area contributed by atoms with Crippen molar-refractivity contribution in [1.82, 2.24) is 0 Å². The summed E-state index contributed by atoms with van der Waals surface area (Å²) in [6, 6.07) is 9.29. The summed E-state index contributed by atoms with van der Waals surface area (Å²) in [7, 11) is 1.55. The monoisotopic (exact) mass is 290 g/mol. The Bertz CT molecular complexity index is 671. The van der Waals surface area contributed by atoms with Crippen LogP contribution < -0.4 is 9.47 Å². The van der Waals surface area contributed by atoms with Gasteiger partial charge in [0.15, 0.2) is 11.6 Å². The van der Waals surface area contributed by atoms with Crippen molar-refractivity contribution in [3.63, 3.8) is 0 Å². The van der Waals surface area contributed by atoms with E-state index in [1.54, 1.807) is 31.4 Å². The molecule has 21 heavy (non-hydrogen) atoms. The predicted octanol–water partition coefficient (Wildman–Crippen LogP) is 3.10. The number of phenols is 1. The molecule has 2 atom stereocenters. The summed E-state index contributed by atoms with van der Waals surface area (Å²) in [4.78, 5) is 0. The van der Waals surface area contributed by atoms with Gasteiger partial charge in [0.1, 0.15) is 17.6 Å². The number of hydrogen-bond acceptors (Lipinski definition) is 4. The van der Waals surface area contributed by atoms with E-state index in [1.165, 1.54) is 12.1 Å². The lowest BCUT2D eigenvalue weighted by molar-refractivity contribution is 0.0653. The summed E-state index contributed by atoms with van der Waals surface area (Å²) in [5.74, 6) is 0.0317. The number of aliphatic hydroxyl groups excluding tert-OH is 1. The SMILES string of the molecule is COc1ccc2c(c1)OC(c1ccc(O)c(F)c1)CC2O. The number of hydrogen-bond donors (Lipinski definition) is 2. The zero-order valence-electron chi connectivity index (χ0n) is 11.4. The molecule has 1 aliphatic rings. The molecule has 2 aromatic rings. The molecule has 0 aliphatic carbocycles. The van der Waals surface area contributed by atoms with Crippen molar-refractivity contribution in [1.29, 1.82) is 0 Å². The Morgan fingerprint density at radius 1 is 1.24 bits per heavy atom. The van der Waals surface area contributed by atoms with E-state index in [0.717, 1.165) is 0 Å². The summed E-state index contributed by atoms with van der Waals surface area (Å²) < 4.78 is 24.4. The van der Waals surface area contributed by atoms with Crippen LogP contribution >= 0.6 is 0 Å². The van der Waals surface area contributed by atoms with Gasteiger partial charge in [-0.05, 0) is 29.8 Å². The van der Waals surface area contributed by atoms with Gasteiger partial charge in [0, 0.05) is 18.1 Å². The summed E-state index contributed by atoms with van der Waals surface area (Å²) in [5.41, 5.74) is 1.25. The Kier molecular flexibility index (Phi) is 3.43. The van der Waals surface area contributed by atoms with Crippen molar-refractivity contribution in [2.45, 2.75) is 18.6 Å². The lowest BCUT2D eigenvalue weighted by atomic mass is 9.95. The minimum Gasteiger partial charge on any atom is -0.505 e. The fourth-order valence-corrected chi connectivity index (χ4v) is 2.48. The lowest BCUT2D eigenvalue weighted by Gasteiger charge is -2.30. The molecular weight excluding hydrogens is 275 g/mol. The van der Waals surface area contributed by atoms with Gasteiger partial charge in [0.05, 0.1) is 13.2 Å². The highest BCUT2D eigenvalue weighted by molar-refractivity contribution is 5.44. The fourth-order valence-electron chi connectivity index (χ4n) is 2.48. The van der Waals surface area contributed by atoms with Gasteiger partial charge in [-0.2, -0.15) is 0 Å². The molecule has 5 heteroatoms. The van der Waals surface area contributed by atoms with Gasteiger partial charge in [-0.15, -0.1) is 0 Å². The van der Waals surface area contributed by atoms with Crippen molar-refractivity contribution >= 4 is 0 Å². The molecule has 2 aromatic carbocycles. The van der Waals surface area contributed by atoms with Gasteiger partial charge < -0.3 is 19.7 Å². The molecule has 0 fully saturated rings. The molecule has 0 spiro atoms. The molecule has 1 heterocycles. The molecule has 2 unspecified atom stereocenters. The van der Waals surface area contributed by atoms with E-state index in [4.69, 9.17) is 9.47 Å². The number of benzene rings is 2. The number of fused-ring (bicyclic) bond motifs is 1. The highest BCUT2D eigenvalue weighted by Crippen LogP contribution is 2.42. The van der Waals surface area contributed by atoms with Crippen LogP contribution in [0.5, 0.6) is 17.2 Å². The van der Waals surface area contributed by atoms with Crippen molar-refractivity contribution in [3.05, 3.63) is 53.3 Å². The Balaban J connectivity index is 1.94. The standard InChI is InChI=1S/C16H15FO4/c1-20-10-3-4-11-14(19)8-15(21-16(11)7-10)9-2-5-13(18)12(17)6-9/h2-7,14-15,18-19H,8H2,1H3. The van der Waals surface area contributed by atoms with E-state index in [1.807, 2.05) is 0 Å². The maximum Gasteiger partial charge on any atom is 0.165 e. The van der Waals surface area contributed by atoms with Crippen molar-refractivity contribution in [3.8, 4) is 17.2 Å². The Morgan fingerprint density at radius 3 is 2.76 bits per heavy atom. The summed E-state index contributed by atoms with van der Waals surface area (Å²) in [5, 5.41) is 19.5. The minimum absolute atomic E-state index is 0.323. The molecule has 0 saturated carbocycles. The van der Waals surface area contributed by atoms with Gasteiger partial charge in [0.25, 0.3) is 0 Å². The molecule has 0 aromatic heterocycles. The molecule has 0 saturated heterocycles. The van der Waals surface area contributed by atoms with Crippen LogP contribution in [0.4, 0.5) is 4.39 Å². The van der Waals surface area contributed by atoms with E-state index in [0.29, 0.717) is 29.0 Å². The van der Waals surface area contributed by atoms with Crippen LogP contribution in [-0.4, -0.2) is 17.3 Å². The van der Waals surface area contributed by atoms with Gasteiger partial charge in [-0.1, -0.05) is 6.07 Å². The average molecular weight is 290 g/mol. The Morgan fingerprint density at radius 2 is 2.05 bits per heavy atom. The van der Waals surface area contributed by atoms with Crippen LogP contribution in [0.15, 0.2) is 36.4 Å². The maximum absolute atomic E-state index is 13.5. The lowest BCUT2D eigenvalue weighted by Crippen LogP contribution is -2.19. The highest BCUT2D eigenvalue weighted by Gasteiger charge is 2.28. The average Bonchev–Trinajstić information content (AvgIpc) is 2.49. The van der Waals surface area contributed by atoms with Crippen LogP contribution in [0, 0.1) is 5.82 Å². The van der Waals surface area contributed by atoms with E-state index in [2.05, 4.69) is 0 Å². The summed E-state index contributed by atoms with van der Waals surface area (Å²) >= 11 is 0. The number of phenolic OH excluding ortho intramolecular Hbond substituents is 1. The quantitative estimate of drug-likeness (QED) is 0.892. The summed E-state index contributed by atoms with van der Waals surface area (Å²) in [6.45, 7) is 0. The van der Waals surface area contributed by atoms with Gasteiger partial charge in [-0.25, -0.2) is 4.39 Å². The van der Waals surface area contributed by atoms with Gasteiger partial charge >= 0.3 is 0 Å². The minimum atomic E-state index is -0.706. The zero-order valence-corrected chi connectivity index (χ0v) is 11.4. The molecular formula is C16H15FO4. The van der Waals surface area contributed by atoms with Gasteiger partial charge in [-0.3, -0.25) is 0 Å². The third-order valence-corrected chi connectivity index (χ3v) is 3.63. The predicted molar refractivity (Wildman–Crippen MR) is 74.0 cm³/mol. The maximum atomic E-state index is 13.5. The van der Waals surface area contributed by atoms with E-state index >= 15 is 0 Å². The first kappa shape index (κ1) is 13.7. The number of aromatic hydroxyl groups is 1. The van der Waals surface area contributed by atoms with Crippen LogP contribution in [0.1, 0.15) is 29.8 Å². The number of rotatable bonds is 2. The molecule has 110 valence electrons. The van der Waals surface area contributed by atoms with Crippen LogP contribution in [0.3, 0.4) is 0 Å². The highest BCUT2D eigenvalue weighted by atomic mass is 19.1. The second-order valence-electron chi connectivity index (χ2n) is 4.97. The normalized spacial score (nSPS) is 20.5. The first-order valence-corrected chi connectivity index (χ1v) is 6.59. The molecule has 0 bridgehead atoms. The first-order chi connectivity index (χ1) is 10.1. The van der Waals surface area contributed by atoms with Crippen molar-refractivity contribution in [2.75, 3.05) is 7.11 Å². The van der Waals surface area contributed by atoms with E-state index in [9.17, 15) is 14.6 Å². The number of ether oxygens (including phenoxy) is 2. The van der Waals surface area contributed by atoms with Gasteiger partial charge in [0.2, 0.25) is 0 Å². The third kappa shape index (κ3) is 2.52. The zero-order chi connectivity index (χ0) is 15.0. The number of aliphatic hydroxyl groups is 1. The Hall–Kier alpha value is -2.27. The smallest absolute Gasteiger partial charge is 0.165 e. The van der Waals surface area contributed by atoms with Crippen molar-refractivity contribution in [2.24, 2.45) is 0 Å². The Labute approximate surface area is 121 Å². The molecule has 0 amide bonds. The molecule has 4 nitrogen and oxygen atoms in total. The third-order valence-electron chi connectivity index (χ3n) is 3.63. The van der Waals surface area contributed by atoms with Crippen molar-refractivity contribution < 1.29 is 24.1 Å². The van der Waals surface area contributed by atoms with E-state index < -0.39 is 23.8 Å². The molecule has 0 radical (unpaired) electrons. The topological polar surface area (TPSA) is 58.9 Å². The van der Waals surface area contributed by atoms with Crippen LogP contribution in [0.25, 0.3) is 0 Å². The molecule has 2 N–H and O–H groups in total. The fraction of sp³-hybridized carbons (Fsp3) is 0.250. The largest absolute Gasteiger partial charge is 0.505 e. The van der Waals surface area contributed by atoms with Crippen LogP contribution in [0.2, 0.25) is 0 Å². The van der Waals surface area contributed by atoms with E-state index in [-0.39, 0.29) is 0 Å². The number of halogens is 1. The number of methoxy groups -OCH3 is 1. The first-order valence-electron chi connectivity index (χ1n) is 6.59. The summed E-state index contributed by atoms with van der Waals surface area (Å²) in [6.07, 6.45) is -0.847. The molecule has 3 rings (SSSR count).